The van der Waals surface area contributed by atoms with E-state index in [1.165, 1.54) is 7.11 Å². The molecule has 0 aliphatic carbocycles. The summed E-state index contributed by atoms with van der Waals surface area (Å²) in [5.74, 6) is -0.276. The Morgan fingerprint density at radius 3 is 3.00 bits per heavy atom. The zero-order valence-electron chi connectivity index (χ0n) is 10.1. The molecule has 0 saturated heterocycles. The average molecular weight is 234 g/mol. The van der Waals surface area contributed by atoms with Crippen molar-refractivity contribution in [1.82, 2.24) is 9.55 Å². The number of furan rings is 1. The van der Waals surface area contributed by atoms with Crippen LogP contribution in [0.5, 0.6) is 0 Å². The highest BCUT2D eigenvalue weighted by atomic mass is 16.5. The van der Waals surface area contributed by atoms with Gasteiger partial charge in [0.05, 0.1) is 24.8 Å². The molecule has 0 bridgehead atoms. The van der Waals surface area contributed by atoms with Crippen LogP contribution < -0.4 is 0 Å². The van der Waals surface area contributed by atoms with E-state index in [0.29, 0.717) is 0 Å². The number of hydrogen-bond acceptors (Lipinski definition) is 4. The minimum atomic E-state index is -0.475. The largest absolute Gasteiger partial charge is 0.463 e. The molecule has 2 rings (SSSR count). The van der Waals surface area contributed by atoms with E-state index in [0.717, 1.165) is 23.5 Å². The second-order valence-electron chi connectivity index (χ2n) is 3.66. The molecule has 90 valence electrons. The SMILES string of the molecule is CCn1cnc(C)c1-c1coc(C(=O)OC)c1. The lowest BCUT2D eigenvalue weighted by atomic mass is 10.2. The molecule has 0 atom stereocenters. The number of aromatic nitrogens is 2. The molecule has 0 aliphatic heterocycles. The number of nitrogens with zero attached hydrogens (tertiary/aromatic N) is 2. The molecule has 0 aromatic carbocycles. The van der Waals surface area contributed by atoms with Crippen LogP contribution in [0.3, 0.4) is 0 Å². The maximum atomic E-state index is 11.3. The Hall–Kier alpha value is -2.04. The zero-order valence-corrected chi connectivity index (χ0v) is 10.1. The summed E-state index contributed by atoms with van der Waals surface area (Å²) in [6, 6.07) is 1.67. The first-order chi connectivity index (χ1) is 8.17. The molecule has 5 heteroatoms. The van der Waals surface area contributed by atoms with E-state index < -0.39 is 5.97 Å². The van der Waals surface area contributed by atoms with E-state index in [1.807, 2.05) is 18.4 Å². The Bertz CT molecular complexity index is 540. The van der Waals surface area contributed by atoms with Crippen molar-refractivity contribution in [3.8, 4) is 11.3 Å². The topological polar surface area (TPSA) is 57.3 Å². The zero-order chi connectivity index (χ0) is 12.4. The molecular formula is C12H14N2O3. The fourth-order valence-corrected chi connectivity index (χ4v) is 1.77. The van der Waals surface area contributed by atoms with Crippen LogP contribution in [0.1, 0.15) is 23.2 Å². The van der Waals surface area contributed by atoms with E-state index in [1.54, 1.807) is 18.7 Å². The van der Waals surface area contributed by atoms with Crippen LogP contribution in [0.25, 0.3) is 11.3 Å². The van der Waals surface area contributed by atoms with Crippen molar-refractivity contribution in [2.24, 2.45) is 0 Å². The number of aryl methyl sites for hydroxylation is 2. The van der Waals surface area contributed by atoms with Crippen molar-refractivity contribution >= 4 is 5.97 Å². The second kappa shape index (κ2) is 4.45. The molecule has 0 fully saturated rings. The smallest absolute Gasteiger partial charge is 0.373 e. The van der Waals surface area contributed by atoms with Crippen molar-refractivity contribution in [3.63, 3.8) is 0 Å². The highest BCUT2D eigenvalue weighted by molar-refractivity contribution is 5.88. The van der Waals surface area contributed by atoms with Gasteiger partial charge in [0.25, 0.3) is 0 Å². The van der Waals surface area contributed by atoms with E-state index in [9.17, 15) is 4.79 Å². The van der Waals surface area contributed by atoms with Crippen LogP contribution in [0.4, 0.5) is 0 Å². The molecule has 17 heavy (non-hydrogen) atoms. The first-order valence-corrected chi connectivity index (χ1v) is 5.36. The maximum absolute atomic E-state index is 11.3. The minimum absolute atomic E-state index is 0.200. The van der Waals surface area contributed by atoms with Crippen LogP contribution >= 0.6 is 0 Å². The van der Waals surface area contributed by atoms with E-state index in [-0.39, 0.29) is 5.76 Å². The number of methoxy groups -OCH3 is 1. The molecule has 0 amide bonds. The molecule has 5 nitrogen and oxygen atoms in total. The summed E-state index contributed by atoms with van der Waals surface area (Å²) in [6.07, 6.45) is 3.32. The second-order valence-corrected chi connectivity index (χ2v) is 3.66. The lowest BCUT2D eigenvalue weighted by molar-refractivity contribution is 0.0565. The normalized spacial score (nSPS) is 10.5. The Morgan fingerprint density at radius 2 is 2.35 bits per heavy atom. The highest BCUT2D eigenvalue weighted by Gasteiger charge is 2.16. The minimum Gasteiger partial charge on any atom is -0.463 e. The standard InChI is InChI=1S/C12H14N2O3/c1-4-14-7-13-8(2)11(14)9-5-10(17-6-9)12(15)16-3/h5-7H,4H2,1-3H3. The van der Waals surface area contributed by atoms with Gasteiger partial charge in [0.2, 0.25) is 5.76 Å². The van der Waals surface area contributed by atoms with Crippen LogP contribution in [0.15, 0.2) is 23.1 Å². The number of carbonyl (C=O) groups excluding carboxylic acids is 1. The van der Waals surface area contributed by atoms with Gasteiger partial charge in [-0.25, -0.2) is 9.78 Å². The Labute approximate surface area is 99.0 Å². The lowest BCUT2D eigenvalue weighted by Crippen LogP contribution is -1.98. The van der Waals surface area contributed by atoms with Gasteiger partial charge in [-0.15, -0.1) is 0 Å². The molecule has 0 unspecified atom stereocenters. The van der Waals surface area contributed by atoms with Gasteiger partial charge in [-0.05, 0) is 13.8 Å². The van der Waals surface area contributed by atoms with E-state index in [2.05, 4.69) is 9.72 Å². The molecule has 0 spiro atoms. The molecule has 0 radical (unpaired) electrons. The van der Waals surface area contributed by atoms with Crippen molar-refractivity contribution in [3.05, 3.63) is 30.1 Å². The third-order valence-electron chi connectivity index (χ3n) is 2.62. The summed E-state index contributed by atoms with van der Waals surface area (Å²) >= 11 is 0. The van der Waals surface area contributed by atoms with Gasteiger partial charge in [-0.3, -0.25) is 0 Å². The Kier molecular flexibility index (Phi) is 2.99. The monoisotopic (exact) mass is 234 g/mol. The van der Waals surface area contributed by atoms with Crippen LogP contribution in [-0.4, -0.2) is 22.6 Å². The fraction of sp³-hybridized carbons (Fsp3) is 0.333. The lowest BCUT2D eigenvalue weighted by Gasteiger charge is -2.02. The van der Waals surface area contributed by atoms with Crippen LogP contribution in [-0.2, 0) is 11.3 Å². The van der Waals surface area contributed by atoms with E-state index >= 15 is 0 Å². The quantitative estimate of drug-likeness (QED) is 0.764. The predicted octanol–water partition coefficient (Wildman–Crippen LogP) is 2.26. The first kappa shape index (κ1) is 11.4. The summed E-state index contributed by atoms with van der Waals surface area (Å²) in [5.41, 5.74) is 2.71. The van der Waals surface area contributed by atoms with Gasteiger partial charge in [-0.1, -0.05) is 0 Å². The van der Waals surface area contributed by atoms with Crippen molar-refractivity contribution in [2.45, 2.75) is 20.4 Å². The molecule has 0 aliphatic rings. The molecular weight excluding hydrogens is 220 g/mol. The van der Waals surface area contributed by atoms with Gasteiger partial charge in [-0.2, -0.15) is 0 Å². The highest BCUT2D eigenvalue weighted by Crippen LogP contribution is 2.25. The van der Waals surface area contributed by atoms with Gasteiger partial charge in [0.1, 0.15) is 6.26 Å². The summed E-state index contributed by atoms with van der Waals surface area (Å²) in [7, 11) is 1.33. The maximum Gasteiger partial charge on any atom is 0.373 e. The number of ether oxygens (including phenoxy) is 1. The summed E-state index contributed by atoms with van der Waals surface area (Å²) in [5, 5.41) is 0. The molecule has 2 heterocycles. The third kappa shape index (κ3) is 1.95. The number of carbonyl (C=O) groups is 1. The number of esters is 1. The molecule has 2 aromatic heterocycles. The summed E-state index contributed by atoms with van der Waals surface area (Å²) in [4.78, 5) is 15.5. The van der Waals surface area contributed by atoms with Crippen LogP contribution in [0, 0.1) is 6.92 Å². The van der Waals surface area contributed by atoms with Crippen molar-refractivity contribution in [2.75, 3.05) is 7.11 Å². The summed E-state index contributed by atoms with van der Waals surface area (Å²) in [6.45, 7) is 4.77. The van der Waals surface area contributed by atoms with Gasteiger partial charge < -0.3 is 13.7 Å². The van der Waals surface area contributed by atoms with E-state index in [4.69, 9.17) is 4.42 Å². The van der Waals surface area contributed by atoms with Gasteiger partial charge >= 0.3 is 5.97 Å². The number of rotatable bonds is 3. The third-order valence-corrected chi connectivity index (χ3v) is 2.62. The van der Waals surface area contributed by atoms with Gasteiger partial charge in [0.15, 0.2) is 0 Å². The molecule has 0 saturated carbocycles. The molecule has 0 N–H and O–H groups in total. The number of hydrogen-bond donors (Lipinski definition) is 0. The Morgan fingerprint density at radius 1 is 1.59 bits per heavy atom. The average Bonchev–Trinajstić information content (AvgIpc) is 2.93. The fourth-order valence-electron chi connectivity index (χ4n) is 1.77. The summed E-state index contributed by atoms with van der Waals surface area (Å²) < 4.78 is 11.8. The van der Waals surface area contributed by atoms with Gasteiger partial charge in [0, 0.05) is 18.2 Å². The molecule has 2 aromatic rings. The van der Waals surface area contributed by atoms with Crippen LogP contribution in [0.2, 0.25) is 0 Å². The number of imidazole rings is 1. The Balaban J connectivity index is 2.43. The first-order valence-electron chi connectivity index (χ1n) is 5.36. The van der Waals surface area contributed by atoms with Crippen molar-refractivity contribution < 1.29 is 13.9 Å². The van der Waals surface area contributed by atoms with Crippen molar-refractivity contribution in [1.29, 1.82) is 0 Å². The predicted molar refractivity (Wildman–Crippen MR) is 61.7 cm³/mol.